The highest BCUT2D eigenvalue weighted by molar-refractivity contribution is 5.72. The van der Waals surface area contributed by atoms with Crippen LogP contribution in [0.2, 0.25) is 0 Å². The molecule has 0 aromatic rings. The summed E-state index contributed by atoms with van der Waals surface area (Å²) in [6.45, 7) is 15.9. The van der Waals surface area contributed by atoms with Crippen LogP contribution in [0, 0.1) is 16.7 Å². The molecule has 0 amide bonds. The predicted molar refractivity (Wildman–Crippen MR) is 118 cm³/mol. The molecule has 0 rings (SSSR count). The molecule has 0 saturated heterocycles. The summed E-state index contributed by atoms with van der Waals surface area (Å²) in [5.74, 6) is -1.41. The Kier molecular flexibility index (Phi) is 19.1. The van der Waals surface area contributed by atoms with Crippen molar-refractivity contribution in [2.75, 3.05) is 0 Å². The summed E-state index contributed by atoms with van der Waals surface area (Å²) in [7, 11) is 0. The lowest BCUT2D eigenvalue weighted by Gasteiger charge is -2.17. The molecular formula is C23H46O6. The minimum Gasteiger partial charge on any atom is -0.481 e. The van der Waals surface area contributed by atoms with Gasteiger partial charge in [-0.25, -0.2) is 0 Å². The molecule has 0 aliphatic carbocycles. The van der Waals surface area contributed by atoms with E-state index in [-0.39, 0.29) is 0 Å². The molecule has 6 nitrogen and oxygen atoms in total. The van der Waals surface area contributed by atoms with Crippen LogP contribution in [0.25, 0.3) is 0 Å². The van der Waals surface area contributed by atoms with Crippen LogP contribution in [-0.4, -0.2) is 33.2 Å². The Labute approximate surface area is 178 Å². The van der Waals surface area contributed by atoms with E-state index in [2.05, 4.69) is 34.6 Å². The molecule has 0 aromatic heterocycles. The third kappa shape index (κ3) is 37.8. The van der Waals surface area contributed by atoms with Gasteiger partial charge in [0, 0.05) is 12.8 Å². The first-order valence-electron chi connectivity index (χ1n) is 10.7. The van der Waals surface area contributed by atoms with Crippen LogP contribution in [0.3, 0.4) is 0 Å². The molecule has 0 aromatic carbocycles. The highest BCUT2D eigenvalue weighted by Gasteiger charge is 2.18. The average Bonchev–Trinajstić information content (AvgIpc) is 2.50. The largest absolute Gasteiger partial charge is 0.481 e. The second kappa shape index (κ2) is 17.3. The SMILES string of the molecule is CC(C)(C)C(=O)O.CC(C)(C)CCCCCC(=O)O.CC(C)CCCCC(=O)O. The molecule has 29 heavy (non-hydrogen) atoms. The minimum atomic E-state index is -0.757. The smallest absolute Gasteiger partial charge is 0.308 e. The molecule has 0 bridgehead atoms. The van der Waals surface area contributed by atoms with E-state index < -0.39 is 23.3 Å². The maximum absolute atomic E-state index is 10.2. The van der Waals surface area contributed by atoms with Crippen LogP contribution in [0.1, 0.15) is 113 Å². The van der Waals surface area contributed by atoms with E-state index in [1.807, 2.05) is 0 Å². The molecule has 0 saturated carbocycles. The van der Waals surface area contributed by atoms with Crippen molar-refractivity contribution in [2.24, 2.45) is 16.7 Å². The zero-order valence-corrected chi connectivity index (χ0v) is 20.0. The number of aliphatic carboxylic acids is 3. The van der Waals surface area contributed by atoms with Gasteiger partial charge in [0.25, 0.3) is 0 Å². The van der Waals surface area contributed by atoms with Gasteiger partial charge in [-0.2, -0.15) is 0 Å². The van der Waals surface area contributed by atoms with Gasteiger partial charge in [-0.3, -0.25) is 14.4 Å². The zero-order chi connectivity index (χ0) is 23.7. The number of carboxylic acids is 3. The lowest BCUT2D eigenvalue weighted by atomic mass is 9.89. The highest BCUT2D eigenvalue weighted by Crippen LogP contribution is 2.22. The summed E-state index contributed by atoms with van der Waals surface area (Å²) in [4.78, 5) is 30.2. The van der Waals surface area contributed by atoms with Crippen LogP contribution in [0.4, 0.5) is 0 Å². The molecule has 0 heterocycles. The van der Waals surface area contributed by atoms with E-state index in [9.17, 15) is 14.4 Å². The molecule has 174 valence electrons. The standard InChI is InChI=1S/C10H20O2.C8H16O2.C5H10O2/c1-10(2,3)8-6-4-5-7-9(11)12;1-7(2)5-3-4-6-8(9)10;1-5(2,3)4(6)7/h4-8H2,1-3H3,(H,11,12);7H,3-6H2,1-2H3,(H,9,10);1-3H3,(H,6,7). The second-order valence-corrected chi connectivity index (χ2v) is 10.1. The van der Waals surface area contributed by atoms with Crippen LogP contribution in [0.5, 0.6) is 0 Å². The van der Waals surface area contributed by atoms with Gasteiger partial charge < -0.3 is 15.3 Å². The normalized spacial score (nSPS) is 11.1. The maximum Gasteiger partial charge on any atom is 0.308 e. The fourth-order valence-corrected chi connectivity index (χ4v) is 1.94. The van der Waals surface area contributed by atoms with Crippen molar-refractivity contribution in [3.8, 4) is 0 Å². The Morgan fingerprint density at radius 2 is 1.07 bits per heavy atom. The number of hydrogen-bond acceptors (Lipinski definition) is 3. The summed E-state index contributed by atoms with van der Waals surface area (Å²) in [6, 6.07) is 0. The lowest BCUT2D eigenvalue weighted by molar-refractivity contribution is -0.146. The Bertz CT molecular complexity index is 441. The lowest BCUT2D eigenvalue weighted by Crippen LogP contribution is -2.18. The molecule has 0 aliphatic rings. The molecule has 6 heteroatoms. The fraction of sp³-hybridized carbons (Fsp3) is 0.870. The second-order valence-electron chi connectivity index (χ2n) is 10.1. The molecule has 0 aliphatic heterocycles. The van der Waals surface area contributed by atoms with E-state index in [0.29, 0.717) is 24.2 Å². The fourth-order valence-electron chi connectivity index (χ4n) is 1.94. The average molecular weight is 419 g/mol. The zero-order valence-electron chi connectivity index (χ0n) is 20.0. The van der Waals surface area contributed by atoms with Gasteiger partial charge in [-0.1, -0.05) is 60.3 Å². The Balaban J connectivity index is -0.000000362. The number of unbranched alkanes of at least 4 members (excludes halogenated alkanes) is 3. The Hall–Kier alpha value is -1.59. The number of hydrogen-bond donors (Lipinski definition) is 3. The summed E-state index contributed by atoms with van der Waals surface area (Å²) in [6.07, 6.45) is 7.88. The number of rotatable bonds is 10. The molecule has 3 N–H and O–H groups in total. The van der Waals surface area contributed by atoms with E-state index >= 15 is 0 Å². The van der Waals surface area contributed by atoms with Gasteiger partial charge in [0.1, 0.15) is 0 Å². The van der Waals surface area contributed by atoms with Crippen molar-refractivity contribution in [1.29, 1.82) is 0 Å². The highest BCUT2D eigenvalue weighted by atomic mass is 16.4. The van der Waals surface area contributed by atoms with E-state index in [1.54, 1.807) is 20.8 Å². The van der Waals surface area contributed by atoms with Crippen LogP contribution in [-0.2, 0) is 14.4 Å². The van der Waals surface area contributed by atoms with Crippen LogP contribution in [0.15, 0.2) is 0 Å². The number of carboxylic acid groups (broad SMARTS) is 3. The summed E-state index contributed by atoms with van der Waals surface area (Å²) in [5.41, 5.74) is -0.191. The van der Waals surface area contributed by atoms with E-state index in [0.717, 1.165) is 38.5 Å². The first kappa shape index (κ1) is 32.1. The Morgan fingerprint density at radius 1 is 0.690 bits per heavy atom. The topological polar surface area (TPSA) is 112 Å². The summed E-state index contributed by atoms with van der Waals surface area (Å²) in [5, 5.41) is 24.9. The molecule has 0 radical (unpaired) electrons. The van der Waals surface area contributed by atoms with Crippen molar-refractivity contribution < 1.29 is 29.7 Å². The molecule has 0 spiro atoms. The van der Waals surface area contributed by atoms with Gasteiger partial charge in [0.15, 0.2) is 0 Å². The predicted octanol–water partition coefficient (Wildman–Crippen LogP) is 6.47. The first-order valence-corrected chi connectivity index (χ1v) is 10.7. The Morgan fingerprint density at radius 3 is 1.34 bits per heavy atom. The van der Waals surface area contributed by atoms with Gasteiger partial charge >= 0.3 is 17.9 Å². The molecule has 0 unspecified atom stereocenters. The first-order chi connectivity index (χ1) is 13.0. The van der Waals surface area contributed by atoms with Gasteiger partial charge in [-0.05, 0) is 51.4 Å². The third-order valence-electron chi connectivity index (χ3n) is 3.88. The quantitative estimate of drug-likeness (QED) is 0.350. The van der Waals surface area contributed by atoms with Crippen molar-refractivity contribution in [3.05, 3.63) is 0 Å². The van der Waals surface area contributed by atoms with Crippen molar-refractivity contribution >= 4 is 17.9 Å². The summed E-state index contributed by atoms with van der Waals surface area (Å²) >= 11 is 0. The van der Waals surface area contributed by atoms with Crippen molar-refractivity contribution in [3.63, 3.8) is 0 Å². The summed E-state index contributed by atoms with van der Waals surface area (Å²) < 4.78 is 0. The van der Waals surface area contributed by atoms with Gasteiger partial charge in [0.05, 0.1) is 5.41 Å². The van der Waals surface area contributed by atoms with Gasteiger partial charge in [-0.15, -0.1) is 0 Å². The number of carbonyl (C=O) groups is 3. The molecule has 0 atom stereocenters. The van der Waals surface area contributed by atoms with E-state index in [1.165, 1.54) is 6.42 Å². The van der Waals surface area contributed by atoms with Gasteiger partial charge in [0.2, 0.25) is 0 Å². The third-order valence-corrected chi connectivity index (χ3v) is 3.88. The van der Waals surface area contributed by atoms with E-state index in [4.69, 9.17) is 15.3 Å². The monoisotopic (exact) mass is 418 g/mol. The maximum atomic E-state index is 10.2. The molecular weight excluding hydrogens is 372 g/mol. The van der Waals surface area contributed by atoms with Crippen molar-refractivity contribution in [1.82, 2.24) is 0 Å². The molecule has 0 fully saturated rings. The van der Waals surface area contributed by atoms with Crippen molar-refractivity contribution in [2.45, 2.75) is 113 Å². The minimum absolute atomic E-state index is 0.324. The van der Waals surface area contributed by atoms with Crippen LogP contribution >= 0.6 is 0 Å². The van der Waals surface area contributed by atoms with Crippen LogP contribution < -0.4 is 0 Å².